The quantitative estimate of drug-likeness (QED) is 0.485. The lowest BCUT2D eigenvalue weighted by Gasteiger charge is -2.29. The molecule has 0 fully saturated rings. The lowest BCUT2D eigenvalue weighted by molar-refractivity contribution is -0.384. The van der Waals surface area contributed by atoms with E-state index in [1.165, 1.54) is 19.2 Å². The van der Waals surface area contributed by atoms with Gasteiger partial charge in [-0.25, -0.2) is 4.79 Å². The summed E-state index contributed by atoms with van der Waals surface area (Å²) < 4.78 is 4.66. The van der Waals surface area contributed by atoms with E-state index in [9.17, 15) is 19.7 Å². The standard InChI is InChI=1S/C18H16N2O5/c1-25-18(22)13-4-2-12(3-5-13)11-19-16-8-7-15(20(23)24)10-14(16)6-9-17(19)21/h2-5,7-8,10H,6,9,11H2,1H3. The highest BCUT2D eigenvalue weighted by Crippen LogP contribution is 2.32. The number of carbonyl (C=O) groups excluding carboxylic acids is 2. The molecule has 1 aliphatic heterocycles. The van der Waals surface area contributed by atoms with Gasteiger partial charge in [-0.15, -0.1) is 0 Å². The van der Waals surface area contributed by atoms with Gasteiger partial charge < -0.3 is 9.64 Å². The zero-order valence-electron chi connectivity index (χ0n) is 13.6. The highest BCUT2D eigenvalue weighted by Gasteiger charge is 2.26. The van der Waals surface area contributed by atoms with E-state index in [1.807, 2.05) is 0 Å². The van der Waals surface area contributed by atoms with Gasteiger partial charge in [0.15, 0.2) is 0 Å². The molecule has 0 unspecified atom stereocenters. The summed E-state index contributed by atoms with van der Waals surface area (Å²) in [5.41, 5.74) is 2.80. The van der Waals surface area contributed by atoms with Crippen LogP contribution in [0.2, 0.25) is 0 Å². The van der Waals surface area contributed by atoms with Crippen molar-refractivity contribution in [2.45, 2.75) is 19.4 Å². The molecule has 2 aromatic rings. The minimum Gasteiger partial charge on any atom is -0.465 e. The second kappa shape index (κ2) is 6.72. The van der Waals surface area contributed by atoms with Crippen LogP contribution in [-0.4, -0.2) is 23.9 Å². The third-order valence-electron chi connectivity index (χ3n) is 4.19. The zero-order chi connectivity index (χ0) is 18.0. The minimum atomic E-state index is -0.438. The molecule has 0 N–H and O–H groups in total. The lowest BCUT2D eigenvalue weighted by atomic mass is 9.99. The van der Waals surface area contributed by atoms with Gasteiger partial charge >= 0.3 is 5.97 Å². The number of amides is 1. The molecule has 0 saturated carbocycles. The van der Waals surface area contributed by atoms with Crippen LogP contribution in [0.1, 0.15) is 27.9 Å². The number of methoxy groups -OCH3 is 1. The first-order valence-corrected chi connectivity index (χ1v) is 7.74. The van der Waals surface area contributed by atoms with Gasteiger partial charge in [0.1, 0.15) is 0 Å². The van der Waals surface area contributed by atoms with Crippen molar-refractivity contribution in [2.24, 2.45) is 0 Å². The maximum Gasteiger partial charge on any atom is 0.337 e. The first-order valence-electron chi connectivity index (χ1n) is 7.74. The number of ether oxygens (including phenoxy) is 1. The number of nitro groups is 1. The Morgan fingerprint density at radius 1 is 1.20 bits per heavy atom. The smallest absolute Gasteiger partial charge is 0.337 e. The van der Waals surface area contributed by atoms with Crippen molar-refractivity contribution in [3.63, 3.8) is 0 Å². The Morgan fingerprint density at radius 2 is 1.92 bits per heavy atom. The summed E-state index contributed by atoms with van der Waals surface area (Å²) in [7, 11) is 1.32. The first-order chi connectivity index (χ1) is 12.0. The Hall–Kier alpha value is -3.22. The summed E-state index contributed by atoms with van der Waals surface area (Å²) in [5.74, 6) is -0.448. The van der Waals surface area contributed by atoms with Gasteiger partial charge in [0, 0.05) is 24.2 Å². The Kier molecular flexibility index (Phi) is 4.47. The Bertz CT molecular complexity index is 845. The molecule has 0 atom stereocenters. The van der Waals surface area contributed by atoms with Crippen LogP contribution in [0.15, 0.2) is 42.5 Å². The predicted octanol–water partition coefficient (Wildman–Crippen LogP) is 2.86. The fraction of sp³-hybridized carbons (Fsp3) is 0.222. The Morgan fingerprint density at radius 3 is 2.56 bits per heavy atom. The van der Waals surface area contributed by atoms with Crippen LogP contribution in [0.5, 0.6) is 0 Å². The van der Waals surface area contributed by atoms with E-state index in [4.69, 9.17) is 0 Å². The predicted molar refractivity (Wildman–Crippen MR) is 90.4 cm³/mol. The summed E-state index contributed by atoms with van der Waals surface area (Å²) in [6, 6.07) is 11.4. The van der Waals surface area contributed by atoms with Gasteiger partial charge in [0.2, 0.25) is 5.91 Å². The summed E-state index contributed by atoms with van der Waals surface area (Å²) in [5, 5.41) is 10.9. The molecular formula is C18H16N2O5. The number of benzene rings is 2. The summed E-state index contributed by atoms with van der Waals surface area (Å²) in [4.78, 5) is 35.9. The highest BCUT2D eigenvalue weighted by atomic mass is 16.6. The fourth-order valence-corrected chi connectivity index (χ4v) is 2.88. The van der Waals surface area contributed by atoms with Crippen molar-refractivity contribution in [3.8, 4) is 0 Å². The van der Waals surface area contributed by atoms with Crippen LogP contribution in [0.4, 0.5) is 11.4 Å². The Balaban J connectivity index is 1.86. The monoisotopic (exact) mass is 340 g/mol. The van der Waals surface area contributed by atoms with E-state index in [0.29, 0.717) is 30.6 Å². The van der Waals surface area contributed by atoms with E-state index in [2.05, 4.69) is 4.74 Å². The third kappa shape index (κ3) is 3.35. The maximum absolute atomic E-state index is 12.3. The lowest BCUT2D eigenvalue weighted by Crippen LogP contribution is -2.34. The molecule has 7 heteroatoms. The van der Waals surface area contributed by atoms with Crippen molar-refractivity contribution < 1.29 is 19.2 Å². The van der Waals surface area contributed by atoms with Crippen LogP contribution in [0.3, 0.4) is 0 Å². The Labute approximate surface area is 144 Å². The van der Waals surface area contributed by atoms with Crippen LogP contribution < -0.4 is 4.90 Å². The molecule has 1 heterocycles. The average molecular weight is 340 g/mol. The van der Waals surface area contributed by atoms with Gasteiger partial charge in [-0.2, -0.15) is 0 Å². The van der Waals surface area contributed by atoms with Crippen LogP contribution in [-0.2, 0) is 22.5 Å². The second-order valence-electron chi connectivity index (χ2n) is 5.74. The number of aryl methyl sites for hydroxylation is 1. The largest absolute Gasteiger partial charge is 0.465 e. The molecule has 0 saturated heterocycles. The molecule has 0 aliphatic carbocycles. The number of rotatable bonds is 4. The molecule has 0 bridgehead atoms. The van der Waals surface area contributed by atoms with Crippen LogP contribution in [0, 0.1) is 10.1 Å². The number of carbonyl (C=O) groups is 2. The van der Waals surface area contributed by atoms with E-state index in [-0.39, 0.29) is 11.6 Å². The first kappa shape index (κ1) is 16.6. The van der Waals surface area contributed by atoms with Gasteiger partial charge in [-0.3, -0.25) is 14.9 Å². The number of fused-ring (bicyclic) bond motifs is 1. The second-order valence-corrected chi connectivity index (χ2v) is 5.74. The molecule has 128 valence electrons. The zero-order valence-corrected chi connectivity index (χ0v) is 13.6. The number of esters is 1. The summed E-state index contributed by atoms with van der Waals surface area (Å²) in [6.45, 7) is 0.338. The van der Waals surface area contributed by atoms with Crippen molar-refractivity contribution in [3.05, 3.63) is 69.3 Å². The minimum absolute atomic E-state index is 0.0236. The molecule has 25 heavy (non-hydrogen) atoms. The van der Waals surface area contributed by atoms with Crippen molar-refractivity contribution in [2.75, 3.05) is 12.0 Å². The molecule has 3 rings (SSSR count). The number of non-ortho nitro benzene ring substituents is 1. The highest BCUT2D eigenvalue weighted by molar-refractivity contribution is 5.96. The molecule has 0 spiro atoms. The van der Waals surface area contributed by atoms with Crippen LogP contribution in [0.25, 0.3) is 0 Å². The number of nitro benzene ring substituents is 1. The maximum atomic E-state index is 12.3. The topological polar surface area (TPSA) is 89.8 Å². The SMILES string of the molecule is COC(=O)c1ccc(CN2C(=O)CCc3cc([N+](=O)[O-])ccc32)cc1. The van der Waals surface area contributed by atoms with Crippen molar-refractivity contribution >= 4 is 23.3 Å². The van der Waals surface area contributed by atoms with Gasteiger partial charge in [0.05, 0.1) is 24.1 Å². The molecule has 1 aliphatic rings. The van der Waals surface area contributed by atoms with E-state index in [1.54, 1.807) is 35.2 Å². The normalized spacial score (nSPS) is 13.3. The van der Waals surface area contributed by atoms with E-state index in [0.717, 1.165) is 11.1 Å². The van der Waals surface area contributed by atoms with E-state index < -0.39 is 10.9 Å². The number of hydrogen-bond acceptors (Lipinski definition) is 5. The van der Waals surface area contributed by atoms with Crippen molar-refractivity contribution in [1.82, 2.24) is 0 Å². The number of hydrogen-bond donors (Lipinski definition) is 0. The number of anilines is 1. The van der Waals surface area contributed by atoms with E-state index >= 15 is 0 Å². The fourth-order valence-electron chi connectivity index (χ4n) is 2.88. The van der Waals surface area contributed by atoms with Gasteiger partial charge in [-0.1, -0.05) is 12.1 Å². The van der Waals surface area contributed by atoms with Gasteiger partial charge in [-0.05, 0) is 35.7 Å². The van der Waals surface area contributed by atoms with Crippen molar-refractivity contribution in [1.29, 1.82) is 0 Å². The average Bonchev–Trinajstić information content (AvgIpc) is 2.63. The third-order valence-corrected chi connectivity index (χ3v) is 4.19. The molecule has 0 radical (unpaired) electrons. The molecule has 0 aromatic heterocycles. The summed E-state index contributed by atoms with van der Waals surface area (Å²) >= 11 is 0. The van der Waals surface area contributed by atoms with Gasteiger partial charge in [0.25, 0.3) is 5.69 Å². The van der Waals surface area contributed by atoms with Crippen LogP contribution >= 0.6 is 0 Å². The molecular weight excluding hydrogens is 324 g/mol. The summed E-state index contributed by atoms with van der Waals surface area (Å²) in [6.07, 6.45) is 0.808. The number of nitrogens with zero attached hydrogens (tertiary/aromatic N) is 2. The molecule has 1 amide bonds. The molecule has 7 nitrogen and oxygen atoms in total. The molecule has 2 aromatic carbocycles.